The van der Waals surface area contributed by atoms with Crippen LogP contribution in [0.3, 0.4) is 0 Å². The van der Waals surface area contributed by atoms with Gasteiger partial charge in [-0.15, -0.1) is 0 Å². The molecule has 0 aromatic rings. The number of aliphatic hydroxyl groups is 1. The van der Waals surface area contributed by atoms with Crippen LogP contribution in [-0.4, -0.2) is 57.9 Å². The van der Waals surface area contributed by atoms with Gasteiger partial charge in [0.05, 0.1) is 18.6 Å². The summed E-state index contributed by atoms with van der Waals surface area (Å²) in [6.45, 7) is 2.38. The van der Waals surface area contributed by atoms with Crippen molar-refractivity contribution < 1.29 is 24.5 Å². The Balaban J connectivity index is 1.67. The van der Waals surface area contributed by atoms with Gasteiger partial charge in [0.25, 0.3) is 0 Å². The summed E-state index contributed by atoms with van der Waals surface area (Å²) in [6, 6.07) is 1.04. The molecule has 1 aliphatic heterocycles. The molecule has 3 aliphatic rings. The van der Waals surface area contributed by atoms with Crippen molar-refractivity contribution in [1.29, 1.82) is 0 Å². The van der Waals surface area contributed by atoms with E-state index in [1.807, 2.05) is 6.92 Å². The van der Waals surface area contributed by atoms with Crippen molar-refractivity contribution in [2.75, 3.05) is 6.61 Å². The predicted octanol–water partition coefficient (Wildman–Crippen LogP) is 3.75. The molecular weight excluding hydrogens is 370 g/mol. The number of carbonyl (C=O) groups excluding carboxylic acids is 1. The first-order valence-electron chi connectivity index (χ1n) is 11.8. The van der Waals surface area contributed by atoms with Gasteiger partial charge in [-0.3, -0.25) is 14.5 Å². The first-order valence-corrected chi connectivity index (χ1v) is 11.8. The number of nitrogens with zero attached hydrogens (tertiary/aromatic N) is 1. The van der Waals surface area contributed by atoms with Gasteiger partial charge in [-0.1, -0.05) is 26.2 Å². The van der Waals surface area contributed by atoms with Crippen LogP contribution in [0, 0.1) is 11.8 Å². The summed E-state index contributed by atoms with van der Waals surface area (Å²) in [4.78, 5) is 26.0. The first kappa shape index (κ1) is 22.5. The maximum absolute atomic E-state index is 12.3. The van der Waals surface area contributed by atoms with Gasteiger partial charge in [-0.05, 0) is 63.7 Å². The second kappa shape index (κ2) is 10.8. The van der Waals surface area contributed by atoms with E-state index < -0.39 is 18.0 Å². The molecule has 0 bridgehead atoms. The van der Waals surface area contributed by atoms with Gasteiger partial charge in [0, 0.05) is 24.5 Å². The molecule has 3 fully saturated rings. The molecule has 6 heteroatoms. The largest absolute Gasteiger partial charge is 0.481 e. The van der Waals surface area contributed by atoms with Crippen LogP contribution < -0.4 is 0 Å². The number of likely N-dealkylation sites (tertiary alicyclic amines) is 1. The molecule has 1 heterocycles. The molecule has 2 aliphatic carbocycles. The number of carbonyl (C=O) groups is 2. The Morgan fingerprint density at radius 1 is 1.03 bits per heavy atom. The zero-order valence-electron chi connectivity index (χ0n) is 17.9. The number of aliphatic hydroxyl groups excluding tert-OH is 1. The molecule has 6 nitrogen and oxygen atoms in total. The number of ether oxygens (including phenoxy) is 1. The molecule has 1 saturated heterocycles. The van der Waals surface area contributed by atoms with E-state index in [1.54, 1.807) is 0 Å². The van der Waals surface area contributed by atoms with E-state index in [1.165, 1.54) is 32.1 Å². The van der Waals surface area contributed by atoms with E-state index >= 15 is 0 Å². The average molecular weight is 410 g/mol. The van der Waals surface area contributed by atoms with E-state index in [-0.39, 0.29) is 18.4 Å². The summed E-state index contributed by atoms with van der Waals surface area (Å²) in [7, 11) is 0. The van der Waals surface area contributed by atoms with Crippen molar-refractivity contribution in [3.8, 4) is 0 Å². The fraction of sp³-hybridized carbons (Fsp3) is 0.913. The first-order chi connectivity index (χ1) is 14.0. The van der Waals surface area contributed by atoms with Crippen molar-refractivity contribution in [3.05, 3.63) is 0 Å². The Kier molecular flexibility index (Phi) is 8.36. The van der Waals surface area contributed by atoms with Crippen LogP contribution in [-0.2, 0) is 14.3 Å². The molecule has 2 saturated carbocycles. The number of rotatable bonds is 8. The van der Waals surface area contributed by atoms with E-state index in [0.717, 1.165) is 25.7 Å². The number of carboxylic acid groups (broad SMARTS) is 1. The van der Waals surface area contributed by atoms with Gasteiger partial charge >= 0.3 is 11.9 Å². The van der Waals surface area contributed by atoms with Gasteiger partial charge in [0.1, 0.15) is 0 Å². The van der Waals surface area contributed by atoms with Crippen molar-refractivity contribution in [3.63, 3.8) is 0 Å². The molecule has 29 heavy (non-hydrogen) atoms. The molecule has 0 amide bonds. The van der Waals surface area contributed by atoms with Crippen molar-refractivity contribution >= 4 is 11.9 Å². The minimum absolute atomic E-state index is 0.208. The molecule has 0 aromatic carbocycles. The van der Waals surface area contributed by atoms with Gasteiger partial charge in [-0.25, -0.2) is 0 Å². The second-order valence-corrected chi connectivity index (χ2v) is 9.38. The van der Waals surface area contributed by atoms with Crippen LogP contribution in [0.5, 0.6) is 0 Å². The Morgan fingerprint density at radius 3 is 2.45 bits per heavy atom. The summed E-state index contributed by atoms with van der Waals surface area (Å²) in [5.74, 6) is -0.701. The highest BCUT2D eigenvalue weighted by molar-refractivity contribution is 5.73. The Labute approximate surface area is 175 Å². The molecule has 2 N–H and O–H groups in total. The van der Waals surface area contributed by atoms with Crippen LogP contribution in [0.2, 0.25) is 0 Å². The van der Waals surface area contributed by atoms with E-state index in [2.05, 4.69) is 4.90 Å². The summed E-state index contributed by atoms with van der Waals surface area (Å²) in [5.41, 5.74) is 0. The third-order valence-corrected chi connectivity index (χ3v) is 7.45. The lowest BCUT2D eigenvalue weighted by Crippen LogP contribution is -2.52. The Bertz CT molecular complexity index is 547. The predicted molar refractivity (Wildman–Crippen MR) is 110 cm³/mol. The third-order valence-electron chi connectivity index (χ3n) is 7.45. The smallest absolute Gasteiger partial charge is 0.311 e. The molecule has 166 valence electrons. The van der Waals surface area contributed by atoms with Gasteiger partial charge in [0.15, 0.2) is 0 Å². The van der Waals surface area contributed by atoms with Gasteiger partial charge in [0.2, 0.25) is 0 Å². The van der Waals surface area contributed by atoms with Crippen LogP contribution >= 0.6 is 0 Å². The number of aliphatic carboxylic acids is 1. The highest BCUT2D eigenvalue weighted by atomic mass is 16.5. The van der Waals surface area contributed by atoms with Crippen LogP contribution in [0.15, 0.2) is 0 Å². The SMILES string of the molecule is CCCOC(=O)C1CCC(N2C(CCC(=O)O)CCC2C2CCCCC2)CC1O. The summed E-state index contributed by atoms with van der Waals surface area (Å²) in [5, 5.41) is 19.9. The Morgan fingerprint density at radius 2 is 1.79 bits per heavy atom. The van der Waals surface area contributed by atoms with Crippen molar-refractivity contribution in [1.82, 2.24) is 4.90 Å². The molecule has 5 unspecified atom stereocenters. The Hall–Kier alpha value is -1.14. The lowest BCUT2D eigenvalue weighted by Gasteiger charge is -2.45. The second-order valence-electron chi connectivity index (χ2n) is 9.38. The lowest BCUT2D eigenvalue weighted by atomic mass is 9.79. The van der Waals surface area contributed by atoms with Crippen LogP contribution in [0.1, 0.15) is 90.4 Å². The molecular formula is C23H39NO5. The summed E-state index contributed by atoms with van der Waals surface area (Å²) < 4.78 is 5.29. The maximum atomic E-state index is 12.3. The van der Waals surface area contributed by atoms with Crippen molar-refractivity contribution in [2.45, 2.75) is 115 Å². The average Bonchev–Trinajstić information content (AvgIpc) is 3.15. The zero-order valence-corrected chi connectivity index (χ0v) is 17.9. The van der Waals surface area contributed by atoms with E-state index in [0.29, 0.717) is 43.9 Å². The van der Waals surface area contributed by atoms with Crippen molar-refractivity contribution in [2.24, 2.45) is 11.8 Å². The molecule has 0 spiro atoms. The standard InChI is InChI=1S/C23H39NO5/c1-2-14-29-23(28)19-11-8-18(15-21(19)25)24-17(10-13-22(26)27)9-12-20(24)16-6-4-3-5-7-16/h16-21,25H,2-15H2,1H3,(H,26,27). The van der Waals surface area contributed by atoms with E-state index in [9.17, 15) is 19.8 Å². The molecule has 3 rings (SSSR count). The fourth-order valence-electron chi connectivity index (χ4n) is 6.06. The fourth-order valence-corrected chi connectivity index (χ4v) is 6.06. The number of hydrogen-bond acceptors (Lipinski definition) is 5. The molecule has 0 aromatic heterocycles. The number of hydrogen-bond donors (Lipinski definition) is 2. The maximum Gasteiger partial charge on any atom is 0.311 e. The lowest BCUT2D eigenvalue weighted by molar-refractivity contribution is -0.155. The van der Waals surface area contributed by atoms with Gasteiger partial charge in [-0.2, -0.15) is 0 Å². The molecule has 5 atom stereocenters. The van der Waals surface area contributed by atoms with E-state index in [4.69, 9.17) is 4.74 Å². The number of esters is 1. The normalized spacial score (nSPS) is 34.2. The quantitative estimate of drug-likeness (QED) is 0.594. The van der Waals surface area contributed by atoms with Crippen LogP contribution in [0.4, 0.5) is 0 Å². The summed E-state index contributed by atoms with van der Waals surface area (Å²) in [6.07, 6.45) is 11.8. The minimum Gasteiger partial charge on any atom is -0.481 e. The molecule has 0 radical (unpaired) electrons. The monoisotopic (exact) mass is 409 g/mol. The third kappa shape index (κ3) is 5.72. The highest BCUT2D eigenvalue weighted by Crippen LogP contribution is 2.42. The highest BCUT2D eigenvalue weighted by Gasteiger charge is 2.45. The van der Waals surface area contributed by atoms with Crippen LogP contribution in [0.25, 0.3) is 0 Å². The zero-order chi connectivity index (χ0) is 20.8. The summed E-state index contributed by atoms with van der Waals surface area (Å²) >= 11 is 0. The number of carboxylic acids is 1. The topological polar surface area (TPSA) is 87.1 Å². The minimum atomic E-state index is -0.728. The van der Waals surface area contributed by atoms with Gasteiger partial charge < -0.3 is 14.9 Å².